The first kappa shape index (κ1) is 12.6. The fraction of sp³-hybridized carbons (Fsp3) is 0.692. The maximum absolute atomic E-state index is 3.71. The van der Waals surface area contributed by atoms with Crippen molar-refractivity contribution in [2.75, 3.05) is 0 Å². The maximum atomic E-state index is 3.71. The summed E-state index contributed by atoms with van der Waals surface area (Å²) in [5.74, 6) is 0. The van der Waals surface area contributed by atoms with Gasteiger partial charge in [0.2, 0.25) is 0 Å². The van der Waals surface area contributed by atoms with Crippen molar-refractivity contribution in [3.63, 3.8) is 0 Å². The van der Waals surface area contributed by atoms with E-state index in [-0.39, 0.29) is 0 Å². The van der Waals surface area contributed by atoms with Gasteiger partial charge in [0, 0.05) is 17.5 Å². The summed E-state index contributed by atoms with van der Waals surface area (Å²) in [4.78, 5) is 1.44. The first-order valence-corrected chi connectivity index (χ1v) is 7.93. The average Bonchev–Trinajstić information content (AvgIpc) is 2.63. The Labute approximate surface area is 111 Å². The molecule has 1 aliphatic carbocycles. The molecule has 0 aromatic carbocycles. The molecule has 0 bridgehead atoms. The van der Waals surface area contributed by atoms with Gasteiger partial charge in [0.1, 0.15) is 0 Å². The fourth-order valence-corrected chi connectivity index (χ4v) is 3.79. The van der Waals surface area contributed by atoms with Crippen molar-refractivity contribution in [3.8, 4) is 0 Å². The van der Waals surface area contributed by atoms with Crippen molar-refractivity contribution in [1.82, 2.24) is 5.32 Å². The molecule has 0 spiro atoms. The van der Waals surface area contributed by atoms with Gasteiger partial charge in [0.25, 0.3) is 0 Å². The van der Waals surface area contributed by atoms with E-state index in [1.165, 1.54) is 53.6 Å². The largest absolute Gasteiger partial charge is 0.309 e. The third-order valence-electron chi connectivity index (χ3n) is 3.30. The van der Waals surface area contributed by atoms with Gasteiger partial charge in [-0.1, -0.05) is 32.1 Å². The van der Waals surface area contributed by atoms with Gasteiger partial charge in [-0.15, -0.1) is 11.3 Å². The third-order valence-corrected chi connectivity index (χ3v) is 4.92. The highest BCUT2D eigenvalue weighted by atomic mass is 79.9. The Hall–Kier alpha value is 0.140. The summed E-state index contributed by atoms with van der Waals surface area (Å²) in [5.41, 5.74) is 0. The Kier molecular flexibility index (Phi) is 5.33. The molecule has 90 valence electrons. The van der Waals surface area contributed by atoms with E-state index in [4.69, 9.17) is 0 Å². The third kappa shape index (κ3) is 4.19. The van der Waals surface area contributed by atoms with Crippen LogP contribution in [0.1, 0.15) is 49.8 Å². The Bertz CT molecular complexity index is 303. The number of thiophene rings is 1. The number of halogens is 1. The van der Waals surface area contributed by atoms with Gasteiger partial charge in [0.05, 0.1) is 3.79 Å². The SMILES string of the molecule is Brc1ccc(CNC2CCCCCCC2)s1. The first-order chi connectivity index (χ1) is 7.84. The zero-order chi connectivity index (χ0) is 11.2. The first-order valence-electron chi connectivity index (χ1n) is 6.32. The summed E-state index contributed by atoms with van der Waals surface area (Å²) in [7, 11) is 0. The molecule has 1 aromatic rings. The van der Waals surface area contributed by atoms with Crippen LogP contribution in [0, 0.1) is 0 Å². The lowest BCUT2D eigenvalue weighted by molar-refractivity contribution is 0.390. The monoisotopic (exact) mass is 301 g/mol. The average molecular weight is 302 g/mol. The van der Waals surface area contributed by atoms with Crippen molar-refractivity contribution >= 4 is 27.3 Å². The highest BCUT2D eigenvalue weighted by Gasteiger charge is 2.10. The molecule has 1 saturated carbocycles. The van der Waals surface area contributed by atoms with Crippen LogP contribution >= 0.6 is 27.3 Å². The normalized spacial score (nSPS) is 19.3. The molecule has 0 amide bonds. The van der Waals surface area contributed by atoms with E-state index < -0.39 is 0 Å². The molecule has 0 radical (unpaired) electrons. The molecule has 3 heteroatoms. The molecule has 1 aliphatic rings. The predicted octanol–water partition coefficient (Wildman–Crippen LogP) is 4.71. The van der Waals surface area contributed by atoms with Crippen LogP contribution in [0.15, 0.2) is 15.9 Å². The highest BCUT2D eigenvalue weighted by molar-refractivity contribution is 9.11. The minimum Gasteiger partial charge on any atom is -0.309 e. The van der Waals surface area contributed by atoms with Gasteiger partial charge >= 0.3 is 0 Å². The van der Waals surface area contributed by atoms with Gasteiger partial charge in [-0.25, -0.2) is 0 Å². The second-order valence-electron chi connectivity index (χ2n) is 4.63. The van der Waals surface area contributed by atoms with Crippen LogP contribution in [0.5, 0.6) is 0 Å². The van der Waals surface area contributed by atoms with Gasteiger partial charge in [0.15, 0.2) is 0 Å². The Morgan fingerprint density at radius 1 is 1.12 bits per heavy atom. The lowest BCUT2D eigenvalue weighted by Crippen LogP contribution is -2.28. The zero-order valence-electron chi connectivity index (χ0n) is 9.68. The van der Waals surface area contributed by atoms with Gasteiger partial charge in [-0.3, -0.25) is 0 Å². The standard InChI is InChI=1S/C13H20BrNS/c14-13-9-8-12(16-13)10-15-11-6-4-2-1-3-5-7-11/h8-9,11,15H,1-7,10H2. The fourth-order valence-electron chi connectivity index (χ4n) is 2.35. The summed E-state index contributed by atoms with van der Waals surface area (Å²) in [6.07, 6.45) is 9.87. The molecule has 2 rings (SSSR count). The van der Waals surface area contributed by atoms with E-state index in [9.17, 15) is 0 Å². The van der Waals surface area contributed by atoms with Crippen LogP contribution < -0.4 is 5.32 Å². The van der Waals surface area contributed by atoms with E-state index in [1.54, 1.807) is 0 Å². The molecule has 0 aliphatic heterocycles. The molecule has 1 fully saturated rings. The maximum Gasteiger partial charge on any atom is 0.0701 e. The molecule has 0 saturated heterocycles. The van der Waals surface area contributed by atoms with Crippen LogP contribution in [0.3, 0.4) is 0 Å². The second-order valence-corrected chi connectivity index (χ2v) is 7.18. The van der Waals surface area contributed by atoms with Crippen LogP contribution in [-0.2, 0) is 6.54 Å². The van der Waals surface area contributed by atoms with Gasteiger partial charge < -0.3 is 5.32 Å². The second kappa shape index (κ2) is 6.77. The zero-order valence-corrected chi connectivity index (χ0v) is 12.1. The summed E-state index contributed by atoms with van der Waals surface area (Å²) in [6, 6.07) is 5.10. The Balaban J connectivity index is 1.75. The molecule has 0 atom stereocenters. The predicted molar refractivity (Wildman–Crippen MR) is 75.0 cm³/mol. The molecule has 1 aromatic heterocycles. The van der Waals surface area contributed by atoms with E-state index in [2.05, 4.69) is 33.4 Å². The van der Waals surface area contributed by atoms with Crippen molar-refractivity contribution in [1.29, 1.82) is 0 Å². The quantitative estimate of drug-likeness (QED) is 0.852. The van der Waals surface area contributed by atoms with Crippen molar-refractivity contribution in [3.05, 3.63) is 20.8 Å². The van der Waals surface area contributed by atoms with E-state index >= 15 is 0 Å². The molecule has 16 heavy (non-hydrogen) atoms. The smallest absolute Gasteiger partial charge is 0.0701 e. The van der Waals surface area contributed by atoms with Crippen molar-refractivity contribution < 1.29 is 0 Å². The lowest BCUT2D eigenvalue weighted by atomic mass is 9.97. The topological polar surface area (TPSA) is 12.0 Å². The molecule has 0 unspecified atom stereocenters. The lowest BCUT2D eigenvalue weighted by Gasteiger charge is -2.20. The summed E-state index contributed by atoms with van der Waals surface area (Å²) < 4.78 is 1.24. The van der Waals surface area contributed by atoms with E-state index in [1.807, 2.05) is 11.3 Å². The van der Waals surface area contributed by atoms with Crippen molar-refractivity contribution in [2.24, 2.45) is 0 Å². The molecular formula is C13H20BrNS. The van der Waals surface area contributed by atoms with Crippen molar-refractivity contribution in [2.45, 2.75) is 57.5 Å². The van der Waals surface area contributed by atoms with Gasteiger partial charge in [-0.2, -0.15) is 0 Å². The van der Waals surface area contributed by atoms with Crippen LogP contribution in [0.25, 0.3) is 0 Å². The number of hydrogen-bond acceptors (Lipinski definition) is 2. The Morgan fingerprint density at radius 2 is 1.81 bits per heavy atom. The van der Waals surface area contributed by atoms with Crippen LogP contribution in [-0.4, -0.2) is 6.04 Å². The summed E-state index contributed by atoms with van der Waals surface area (Å²) in [6.45, 7) is 1.04. The Morgan fingerprint density at radius 3 is 2.44 bits per heavy atom. The molecule has 1 N–H and O–H groups in total. The number of nitrogens with one attached hydrogen (secondary N) is 1. The number of rotatable bonds is 3. The van der Waals surface area contributed by atoms with E-state index in [0.717, 1.165) is 12.6 Å². The molecule has 1 nitrogen and oxygen atoms in total. The summed E-state index contributed by atoms with van der Waals surface area (Å²) >= 11 is 5.35. The van der Waals surface area contributed by atoms with Crippen LogP contribution in [0.2, 0.25) is 0 Å². The van der Waals surface area contributed by atoms with Crippen LogP contribution in [0.4, 0.5) is 0 Å². The molecule has 1 heterocycles. The van der Waals surface area contributed by atoms with Gasteiger partial charge in [-0.05, 0) is 40.9 Å². The van der Waals surface area contributed by atoms with E-state index in [0.29, 0.717) is 0 Å². The minimum atomic E-state index is 0.751. The highest BCUT2D eigenvalue weighted by Crippen LogP contribution is 2.23. The number of hydrogen-bond donors (Lipinski definition) is 1. The summed E-state index contributed by atoms with van der Waals surface area (Å²) in [5, 5.41) is 3.71. The molecular weight excluding hydrogens is 282 g/mol. The minimum absolute atomic E-state index is 0.751.